The highest BCUT2D eigenvalue weighted by Gasteiger charge is 2.10. The van der Waals surface area contributed by atoms with Crippen molar-refractivity contribution in [3.05, 3.63) is 54.7 Å². The van der Waals surface area contributed by atoms with E-state index in [1.165, 1.54) is 22.7 Å². The van der Waals surface area contributed by atoms with E-state index < -0.39 is 0 Å². The summed E-state index contributed by atoms with van der Waals surface area (Å²) in [7, 11) is 3.61. The van der Waals surface area contributed by atoms with E-state index in [4.69, 9.17) is 4.74 Å². The normalized spacial score (nSPS) is 10.7. The molecule has 0 aliphatic rings. The molecule has 0 aliphatic heterocycles. The lowest BCUT2D eigenvalue weighted by atomic mass is 10.2. The number of thioether (sulfide) groups is 1. The number of aromatic nitrogens is 1. The van der Waals surface area contributed by atoms with E-state index in [1.54, 1.807) is 7.11 Å². The highest BCUT2D eigenvalue weighted by Crippen LogP contribution is 2.30. The van der Waals surface area contributed by atoms with Gasteiger partial charge in [-0.05, 0) is 18.2 Å². The highest BCUT2D eigenvalue weighted by atomic mass is 32.2. The van der Waals surface area contributed by atoms with Gasteiger partial charge in [-0.25, -0.2) is 0 Å². The second-order valence-corrected chi connectivity index (χ2v) is 6.18. The second-order valence-electron chi connectivity index (χ2n) is 5.16. The first-order valence-electron chi connectivity index (χ1n) is 7.29. The molecule has 0 aliphatic carbocycles. The summed E-state index contributed by atoms with van der Waals surface area (Å²) in [5.41, 5.74) is 1.86. The maximum absolute atomic E-state index is 12.2. The van der Waals surface area contributed by atoms with Gasteiger partial charge in [0.1, 0.15) is 5.75 Å². The van der Waals surface area contributed by atoms with E-state index in [9.17, 15) is 4.79 Å². The summed E-state index contributed by atoms with van der Waals surface area (Å²) in [6.45, 7) is 0. The van der Waals surface area contributed by atoms with E-state index in [2.05, 4.69) is 28.2 Å². The van der Waals surface area contributed by atoms with E-state index in [1.807, 2.05) is 43.4 Å². The molecule has 3 aromatic rings. The molecule has 0 saturated carbocycles. The number of hydrogen-bond donors (Lipinski definition) is 1. The Kier molecular flexibility index (Phi) is 4.57. The number of nitrogens with one attached hydrogen (secondary N) is 1. The quantitative estimate of drug-likeness (QED) is 0.723. The SMILES string of the molecule is COc1ccccc1NC(=O)CSc1cn(C)c2ccccc12. The third-order valence-corrected chi connectivity index (χ3v) is 4.64. The number of amides is 1. The van der Waals surface area contributed by atoms with Gasteiger partial charge in [0, 0.05) is 29.0 Å². The molecule has 0 saturated heterocycles. The second kappa shape index (κ2) is 6.79. The number of anilines is 1. The van der Waals surface area contributed by atoms with Gasteiger partial charge in [0.15, 0.2) is 0 Å². The van der Waals surface area contributed by atoms with Crippen LogP contribution in [0.15, 0.2) is 59.6 Å². The van der Waals surface area contributed by atoms with Crippen LogP contribution in [0.3, 0.4) is 0 Å². The molecule has 1 heterocycles. The zero-order chi connectivity index (χ0) is 16.2. The first-order valence-corrected chi connectivity index (χ1v) is 8.27. The molecule has 118 valence electrons. The molecule has 23 heavy (non-hydrogen) atoms. The number of fused-ring (bicyclic) bond motifs is 1. The predicted molar refractivity (Wildman–Crippen MR) is 95.3 cm³/mol. The van der Waals surface area contributed by atoms with Crippen LogP contribution >= 0.6 is 11.8 Å². The Bertz CT molecular complexity index is 842. The summed E-state index contributed by atoms with van der Waals surface area (Å²) in [5, 5.41) is 4.07. The third-order valence-electron chi connectivity index (χ3n) is 3.60. The lowest BCUT2D eigenvalue weighted by molar-refractivity contribution is -0.113. The standard InChI is InChI=1S/C18H18N2O2S/c1-20-11-17(13-7-3-5-9-15(13)20)23-12-18(21)19-14-8-4-6-10-16(14)22-2/h3-11H,12H2,1-2H3,(H,19,21). The van der Waals surface area contributed by atoms with Gasteiger partial charge in [-0.15, -0.1) is 11.8 Å². The zero-order valence-electron chi connectivity index (χ0n) is 13.1. The van der Waals surface area contributed by atoms with Gasteiger partial charge < -0.3 is 14.6 Å². The maximum Gasteiger partial charge on any atom is 0.234 e. The Morgan fingerprint density at radius 1 is 1.17 bits per heavy atom. The summed E-state index contributed by atoms with van der Waals surface area (Å²) in [4.78, 5) is 13.3. The van der Waals surface area contributed by atoms with Gasteiger partial charge in [0.2, 0.25) is 5.91 Å². The van der Waals surface area contributed by atoms with E-state index in [0.717, 1.165) is 4.90 Å². The predicted octanol–water partition coefficient (Wildman–Crippen LogP) is 3.92. The summed E-state index contributed by atoms with van der Waals surface area (Å²) in [6, 6.07) is 15.6. The van der Waals surface area contributed by atoms with Crippen LogP contribution in [-0.2, 0) is 11.8 Å². The molecule has 1 aromatic heterocycles. The monoisotopic (exact) mass is 326 g/mol. The van der Waals surface area contributed by atoms with Crippen molar-refractivity contribution >= 4 is 34.3 Å². The van der Waals surface area contributed by atoms with Gasteiger partial charge in [-0.3, -0.25) is 4.79 Å². The molecular weight excluding hydrogens is 308 g/mol. The molecule has 2 aromatic carbocycles. The first-order chi connectivity index (χ1) is 11.2. The number of methoxy groups -OCH3 is 1. The molecule has 4 nitrogen and oxygen atoms in total. The van der Waals surface area contributed by atoms with Crippen LogP contribution in [-0.4, -0.2) is 23.3 Å². The van der Waals surface area contributed by atoms with Crippen molar-refractivity contribution in [3.63, 3.8) is 0 Å². The van der Waals surface area contributed by atoms with Crippen molar-refractivity contribution in [2.24, 2.45) is 7.05 Å². The summed E-state index contributed by atoms with van der Waals surface area (Å²) < 4.78 is 7.32. The fraction of sp³-hybridized carbons (Fsp3) is 0.167. The number of carbonyl (C=O) groups is 1. The van der Waals surface area contributed by atoms with Crippen molar-refractivity contribution in [1.82, 2.24) is 4.57 Å². The number of rotatable bonds is 5. The number of benzene rings is 2. The lowest BCUT2D eigenvalue weighted by Crippen LogP contribution is -2.14. The molecule has 1 amide bonds. The molecule has 0 radical (unpaired) electrons. The van der Waals surface area contributed by atoms with Gasteiger partial charge >= 0.3 is 0 Å². The van der Waals surface area contributed by atoms with E-state index >= 15 is 0 Å². The topological polar surface area (TPSA) is 43.3 Å². The molecule has 0 unspecified atom stereocenters. The van der Waals surface area contributed by atoms with Crippen molar-refractivity contribution in [3.8, 4) is 5.75 Å². The van der Waals surface area contributed by atoms with Gasteiger partial charge in [0.05, 0.1) is 18.6 Å². The first kappa shape index (κ1) is 15.5. The van der Waals surface area contributed by atoms with Crippen LogP contribution in [0, 0.1) is 0 Å². The Hall–Kier alpha value is -2.40. The molecule has 0 spiro atoms. The Balaban J connectivity index is 1.69. The Morgan fingerprint density at radius 3 is 2.74 bits per heavy atom. The van der Waals surface area contributed by atoms with Crippen LogP contribution < -0.4 is 10.1 Å². The summed E-state index contributed by atoms with van der Waals surface area (Å²) in [5.74, 6) is 0.968. The van der Waals surface area contributed by atoms with Gasteiger partial charge in [0.25, 0.3) is 0 Å². The van der Waals surface area contributed by atoms with Crippen LogP contribution in [0.5, 0.6) is 5.75 Å². The molecule has 0 atom stereocenters. The van der Waals surface area contributed by atoms with Gasteiger partial charge in [-0.2, -0.15) is 0 Å². The van der Waals surface area contributed by atoms with E-state index in [-0.39, 0.29) is 5.91 Å². The number of carbonyl (C=O) groups excluding carboxylic acids is 1. The minimum Gasteiger partial charge on any atom is -0.495 e. The summed E-state index contributed by atoms with van der Waals surface area (Å²) >= 11 is 1.54. The molecule has 5 heteroatoms. The fourth-order valence-corrected chi connectivity index (χ4v) is 3.42. The minimum atomic E-state index is -0.0487. The van der Waals surface area contributed by atoms with Crippen LogP contribution in [0.25, 0.3) is 10.9 Å². The number of para-hydroxylation sites is 3. The molecular formula is C18H18N2O2S. The molecule has 3 rings (SSSR count). The smallest absolute Gasteiger partial charge is 0.234 e. The van der Waals surface area contributed by atoms with Crippen molar-refractivity contribution in [2.45, 2.75) is 4.90 Å². The van der Waals surface area contributed by atoms with Crippen LogP contribution in [0.2, 0.25) is 0 Å². The van der Waals surface area contributed by atoms with Crippen molar-refractivity contribution in [1.29, 1.82) is 0 Å². The zero-order valence-corrected chi connectivity index (χ0v) is 13.9. The minimum absolute atomic E-state index is 0.0487. The van der Waals surface area contributed by atoms with Crippen LogP contribution in [0.1, 0.15) is 0 Å². The maximum atomic E-state index is 12.2. The summed E-state index contributed by atoms with van der Waals surface area (Å²) in [6.07, 6.45) is 2.06. The largest absolute Gasteiger partial charge is 0.495 e. The van der Waals surface area contributed by atoms with Crippen molar-refractivity contribution in [2.75, 3.05) is 18.2 Å². The highest BCUT2D eigenvalue weighted by molar-refractivity contribution is 8.00. The van der Waals surface area contributed by atoms with Crippen LogP contribution in [0.4, 0.5) is 5.69 Å². The molecule has 0 bridgehead atoms. The Morgan fingerprint density at radius 2 is 1.91 bits per heavy atom. The molecule has 0 fully saturated rings. The Labute approximate surface area is 139 Å². The number of aryl methyl sites for hydroxylation is 1. The fourth-order valence-electron chi connectivity index (χ4n) is 2.50. The third kappa shape index (κ3) is 3.35. The van der Waals surface area contributed by atoms with Crippen molar-refractivity contribution < 1.29 is 9.53 Å². The molecule has 1 N–H and O–H groups in total. The number of hydrogen-bond acceptors (Lipinski definition) is 3. The average molecular weight is 326 g/mol. The number of ether oxygens (including phenoxy) is 1. The lowest BCUT2D eigenvalue weighted by Gasteiger charge is -2.09. The average Bonchev–Trinajstić information content (AvgIpc) is 2.90. The van der Waals surface area contributed by atoms with Gasteiger partial charge in [-0.1, -0.05) is 30.3 Å². The number of nitrogens with zero attached hydrogens (tertiary/aromatic N) is 1. The van der Waals surface area contributed by atoms with E-state index in [0.29, 0.717) is 17.2 Å².